The molecule has 0 amide bonds. The molecule has 0 aromatic heterocycles. The van der Waals surface area contributed by atoms with Crippen LogP contribution in [0.15, 0.2) is 0 Å². The maximum Gasteiger partial charge on any atom is 0 e. The standard InChI is InChI=1S/Cs.Mo.Na.W.2H. The molecular formula is H2CsMoNaW. The maximum atomic E-state index is 0. The van der Waals surface area contributed by atoms with Crippen LogP contribution in [0.25, 0.3) is 0 Å². The molecule has 0 nitrogen and oxygen atoms in total. The van der Waals surface area contributed by atoms with Crippen LogP contribution >= 0.6 is 0 Å². The zero-order valence-corrected chi connectivity index (χ0v) is 5.76. The van der Waals surface area contributed by atoms with Crippen molar-refractivity contribution < 1.29 is 42.1 Å². The van der Waals surface area contributed by atoms with Crippen molar-refractivity contribution >= 4 is 98.5 Å². The van der Waals surface area contributed by atoms with Gasteiger partial charge in [-0.25, -0.2) is 0 Å². The minimum absolute atomic E-state index is 0. The second-order valence-corrected chi connectivity index (χ2v) is 0. The summed E-state index contributed by atoms with van der Waals surface area (Å²) in [5.41, 5.74) is 0. The minimum atomic E-state index is 0. The summed E-state index contributed by atoms with van der Waals surface area (Å²) in [6.45, 7) is 0. The first kappa shape index (κ1) is 23.7. The van der Waals surface area contributed by atoms with Crippen molar-refractivity contribution in [2.24, 2.45) is 0 Å². The smallest absolute Gasteiger partial charge is 0 e. The van der Waals surface area contributed by atoms with Crippen LogP contribution in [0.1, 0.15) is 0 Å². The molecule has 0 aliphatic rings. The SMILES string of the molecule is [CsH].[Mo].[NaH].[W]. The van der Waals surface area contributed by atoms with Gasteiger partial charge >= 0.3 is 98.5 Å². The van der Waals surface area contributed by atoms with Gasteiger partial charge in [0.05, 0.1) is 0 Å². The van der Waals surface area contributed by atoms with Gasteiger partial charge in [0.15, 0.2) is 0 Å². The van der Waals surface area contributed by atoms with Crippen LogP contribution in [0.5, 0.6) is 0 Å². The molecule has 0 saturated carbocycles. The minimum Gasteiger partial charge on any atom is 0 e. The predicted octanol–water partition coefficient (Wildman–Crippen LogP) is -1.30. The van der Waals surface area contributed by atoms with E-state index in [2.05, 4.69) is 0 Å². The molecule has 0 aliphatic heterocycles. The molecular weight excluding hydrogens is 436 g/mol. The second-order valence-electron chi connectivity index (χ2n) is 0. The molecule has 0 spiro atoms. The summed E-state index contributed by atoms with van der Waals surface area (Å²) in [4.78, 5) is 0. The molecule has 0 radical (unpaired) electrons. The van der Waals surface area contributed by atoms with E-state index in [-0.39, 0.29) is 141 Å². The van der Waals surface area contributed by atoms with Gasteiger partial charge in [-0.3, -0.25) is 0 Å². The van der Waals surface area contributed by atoms with Crippen LogP contribution in [0.3, 0.4) is 0 Å². The third-order valence-electron chi connectivity index (χ3n) is 0. The monoisotopic (exact) mass is 440 g/mol. The summed E-state index contributed by atoms with van der Waals surface area (Å²) >= 11 is 0. The van der Waals surface area contributed by atoms with E-state index < -0.39 is 0 Å². The van der Waals surface area contributed by atoms with E-state index in [4.69, 9.17) is 0 Å². The summed E-state index contributed by atoms with van der Waals surface area (Å²) in [6.07, 6.45) is 0. The van der Waals surface area contributed by atoms with E-state index in [1.807, 2.05) is 0 Å². The molecule has 0 fully saturated rings. The Balaban J connectivity index is 0. The quantitative estimate of drug-likeness (QED) is 0.413. The number of hydrogen-bond donors (Lipinski definition) is 0. The Morgan fingerprint density at radius 2 is 1.00 bits per heavy atom. The Kier molecular flexibility index (Phi) is 92.8. The van der Waals surface area contributed by atoms with Crippen molar-refractivity contribution in [3.05, 3.63) is 0 Å². The summed E-state index contributed by atoms with van der Waals surface area (Å²) in [7, 11) is 0. The molecule has 0 rings (SSSR count). The van der Waals surface area contributed by atoms with Crippen LogP contribution in [0.2, 0.25) is 0 Å². The van der Waals surface area contributed by atoms with Crippen molar-refractivity contribution in [1.82, 2.24) is 0 Å². The molecule has 4 heavy (non-hydrogen) atoms. The van der Waals surface area contributed by atoms with Gasteiger partial charge < -0.3 is 0 Å². The first-order valence-corrected chi connectivity index (χ1v) is 0. The second kappa shape index (κ2) is 15.7. The van der Waals surface area contributed by atoms with Crippen LogP contribution < -0.4 is 0 Å². The van der Waals surface area contributed by atoms with E-state index in [1.165, 1.54) is 0 Å². The van der Waals surface area contributed by atoms with Gasteiger partial charge in [0, 0.05) is 42.1 Å². The molecule has 0 unspecified atom stereocenters. The summed E-state index contributed by atoms with van der Waals surface area (Å²) in [5.74, 6) is 0. The fourth-order valence-electron chi connectivity index (χ4n) is 0. The van der Waals surface area contributed by atoms with Crippen LogP contribution in [-0.4, -0.2) is 98.5 Å². The molecule has 0 aliphatic carbocycles. The zero-order chi connectivity index (χ0) is 0. The topological polar surface area (TPSA) is 0 Å². The maximum absolute atomic E-state index is 0. The molecule has 0 aromatic rings. The van der Waals surface area contributed by atoms with Gasteiger partial charge in [-0.1, -0.05) is 0 Å². The average Bonchev–Trinajstić information content (AvgIpc) is 0. The molecule has 0 atom stereocenters. The van der Waals surface area contributed by atoms with Gasteiger partial charge in [0.2, 0.25) is 0 Å². The molecule has 4 heteroatoms. The van der Waals surface area contributed by atoms with Gasteiger partial charge in [0.1, 0.15) is 0 Å². The van der Waals surface area contributed by atoms with Gasteiger partial charge in [0.25, 0.3) is 0 Å². The predicted molar refractivity (Wildman–Crippen MR) is 14.3 cm³/mol. The Labute approximate surface area is 136 Å². The Morgan fingerprint density at radius 1 is 1.00 bits per heavy atom. The summed E-state index contributed by atoms with van der Waals surface area (Å²) in [5, 5.41) is 0. The molecule has 0 N–H and O–H groups in total. The third-order valence-corrected chi connectivity index (χ3v) is 0. The van der Waals surface area contributed by atoms with E-state index in [0.717, 1.165) is 0 Å². The summed E-state index contributed by atoms with van der Waals surface area (Å²) in [6, 6.07) is 0. The fourth-order valence-corrected chi connectivity index (χ4v) is 0. The average molecular weight is 438 g/mol. The van der Waals surface area contributed by atoms with Crippen molar-refractivity contribution in [3.8, 4) is 0 Å². The first-order valence-electron chi connectivity index (χ1n) is 0. The fraction of sp³-hybridized carbons (Fsp3) is 0. The van der Waals surface area contributed by atoms with Crippen molar-refractivity contribution in [2.75, 3.05) is 0 Å². The third kappa shape index (κ3) is 9.66. The van der Waals surface area contributed by atoms with Gasteiger partial charge in [-0.2, -0.15) is 0 Å². The van der Waals surface area contributed by atoms with Crippen molar-refractivity contribution in [3.63, 3.8) is 0 Å². The number of rotatable bonds is 0. The Bertz CT molecular complexity index is 8.00. The first-order chi connectivity index (χ1) is 0. The van der Waals surface area contributed by atoms with E-state index in [1.54, 1.807) is 0 Å². The Morgan fingerprint density at radius 3 is 1.00 bits per heavy atom. The summed E-state index contributed by atoms with van der Waals surface area (Å²) < 4.78 is 0. The Hall–Kier alpha value is 4.43. The van der Waals surface area contributed by atoms with Crippen LogP contribution in [0.4, 0.5) is 0 Å². The van der Waals surface area contributed by atoms with Crippen LogP contribution in [0, 0.1) is 0 Å². The van der Waals surface area contributed by atoms with Crippen molar-refractivity contribution in [2.45, 2.75) is 0 Å². The molecule has 0 heterocycles. The normalized spacial score (nSPS) is 0. The largest absolute Gasteiger partial charge is 0 e. The van der Waals surface area contributed by atoms with E-state index in [0.29, 0.717) is 0 Å². The van der Waals surface area contributed by atoms with Gasteiger partial charge in [-0.05, 0) is 0 Å². The molecule has 16 valence electrons. The number of hydrogen-bond acceptors (Lipinski definition) is 0. The zero-order valence-electron chi connectivity index (χ0n) is 0.816. The van der Waals surface area contributed by atoms with Crippen molar-refractivity contribution in [1.29, 1.82) is 0 Å². The van der Waals surface area contributed by atoms with Gasteiger partial charge in [-0.15, -0.1) is 0 Å². The van der Waals surface area contributed by atoms with E-state index in [9.17, 15) is 0 Å². The molecule has 0 saturated heterocycles. The molecule has 0 bridgehead atoms. The van der Waals surface area contributed by atoms with E-state index >= 15 is 0 Å². The van der Waals surface area contributed by atoms with Crippen LogP contribution in [-0.2, 0) is 42.1 Å². The molecule has 0 aromatic carbocycles.